The van der Waals surface area contributed by atoms with Crippen molar-refractivity contribution in [2.45, 2.75) is 50.6 Å². The van der Waals surface area contributed by atoms with E-state index < -0.39 is 0 Å². The first-order valence-electron chi connectivity index (χ1n) is 4.46. The van der Waals surface area contributed by atoms with E-state index in [1.807, 2.05) is 0 Å². The maximum atomic E-state index is 1.54. The Morgan fingerprint density at radius 3 is 1.40 bits per heavy atom. The Bertz CT molecular complexity index is 40.4. The normalized spacial score (nSPS) is 24.0. The highest BCUT2D eigenvalue weighted by molar-refractivity contribution is 7.00. The Labute approximate surface area is 69.2 Å². The van der Waals surface area contributed by atoms with E-state index in [4.69, 9.17) is 0 Å². The van der Waals surface area contributed by atoms with Crippen LogP contribution in [0.2, 0.25) is 12.1 Å². The monoisotopic (exact) mass is 168 g/mol. The fourth-order valence-electron chi connectivity index (χ4n) is 1.31. The maximum Gasteiger partial charge on any atom is 0.0222 e. The zero-order valence-electron chi connectivity index (χ0n) is 6.66. The van der Waals surface area contributed by atoms with Crippen molar-refractivity contribution in [2.75, 3.05) is 0 Å². The molecular formula is C8H16Si2. The molecule has 0 spiro atoms. The molecule has 0 nitrogen and oxygen atoms in total. The van der Waals surface area contributed by atoms with E-state index in [9.17, 15) is 0 Å². The molecule has 0 N–H and O–H groups in total. The van der Waals surface area contributed by atoms with Crippen molar-refractivity contribution in [1.29, 1.82) is 0 Å². The van der Waals surface area contributed by atoms with Gasteiger partial charge in [-0.2, -0.15) is 0 Å². The van der Waals surface area contributed by atoms with Gasteiger partial charge in [0.1, 0.15) is 0 Å². The van der Waals surface area contributed by atoms with Crippen molar-refractivity contribution in [3.8, 4) is 0 Å². The Hall–Kier alpha value is 0.434. The third-order valence-electron chi connectivity index (χ3n) is 1.98. The van der Waals surface area contributed by atoms with Crippen LogP contribution in [-0.2, 0) is 0 Å². The molecule has 0 aromatic carbocycles. The van der Waals surface area contributed by atoms with Gasteiger partial charge in [0.2, 0.25) is 0 Å². The first kappa shape index (κ1) is 8.53. The quantitative estimate of drug-likeness (QED) is 0.488. The molecule has 1 saturated heterocycles. The molecule has 4 radical (unpaired) electrons. The molecule has 0 saturated carbocycles. The zero-order chi connectivity index (χ0) is 7.07. The highest BCUT2D eigenvalue weighted by Gasteiger charge is 1.97. The molecule has 1 fully saturated rings. The lowest BCUT2D eigenvalue weighted by atomic mass is 10.1. The van der Waals surface area contributed by atoms with Gasteiger partial charge in [-0.25, -0.2) is 0 Å². The van der Waals surface area contributed by atoms with Crippen LogP contribution < -0.4 is 0 Å². The van der Waals surface area contributed by atoms with Crippen molar-refractivity contribution in [3.63, 3.8) is 0 Å². The highest BCUT2D eigenvalue weighted by Crippen LogP contribution is 2.10. The summed E-state index contributed by atoms with van der Waals surface area (Å²) in [5, 5.41) is 0. The van der Waals surface area contributed by atoms with Crippen LogP contribution in [0.1, 0.15) is 38.5 Å². The summed E-state index contributed by atoms with van der Waals surface area (Å²) in [6.07, 6.45) is 9.08. The lowest BCUT2D eigenvalue weighted by molar-refractivity contribution is 0.622. The van der Waals surface area contributed by atoms with Crippen molar-refractivity contribution in [3.05, 3.63) is 0 Å². The second kappa shape index (κ2) is 6.16. The zero-order valence-corrected chi connectivity index (χ0v) is 8.66. The summed E-state index contributed by atoms with van der Waals surface area (Å²) in [7, 11) is 2.62. The second-order valence-electron chi connectivity index (χ2n) is 2.97. The molecular weight excluding hydrogens is 152 g/mol. The third-order valence-corrected chi connectivity index (χ3v) is 5.69. The predicted octanol–water partition coefficient (Wildman–Crippen LogP) is 2.50. The fraction of sp³-hybridized carbons (Fsp3) is 1.00. The van der Waals surface area contributed by atoms with Gasteiger partial charge in [-0.15, -0.1) is 0 Å². The molecule has 0 unspecified atom stereocenters. The average Bonchev–Trinajstić information content (AvgIpc) is 2.01. The van der Waals surface area contributed by atoms with Crippen LogP contribution in [0.3, 0.4) is 0 Å². The molecule has 0 aromatic heterocycles. The number of rotatable bonds is 0. The van der Waals surface area contributed by atoms with Crippen LogP contribution >= 0.6 is 0 Å². The van der Waals surface area contributed by atoms with Gasteiger partial charge in [-0.1, -0.05) is 50.6 Å². The minimum Gasteiger partial charge on any atom is -0.0638 e. The van der Waals surface area contributed by atoms with E-state index in [1.165, 1.54) is 56.6 Å². The first-order chi connectivity index (χ1) is 5.00. The van der Waals surface area contributed by atoms with Crippen molar-refractivity contribution >= 4 is 18.1 Å². The largest absolute Gasteiger partial charge is 0.0638 e. The number of hydrogen-bond acceptors (Lipinski definition) is 0. The van der Waals surface area contributed by atoms with Crippen LogP contribution in [0.5, 0.6) is 0 Å². The Morgan fingerprint density at radius 1 is 0.500 bits per heavy atom. The fourth-order valence-corrected chi connectivity index (χ4v) is 4.64. The molecule has 10 heavy (non-hydrogen) atoms. The van der Waals surface area contributed by atoms with E-state index >= 15 is 0 Å². The van der Waals surface area contributed by atoms with Gasteiger partial charge in [0.15, 0.2) is 0 Å². The topological polar surface area (TPSA) is 0 Å². The van der Waals surface area contributed by atoms with E-state index in [-0.39, 0.29) is 0 Å². The van der Waals surface area contributed by atoms with E-state index in [1.54, 1.807) is 12.1 Å². The minimum atomic E-state index is 1.31. The minimum absolute atomic E-state index is 1.31. The molecule has 56 valence electrons. The molecule has 0 atom stereocenters. The molecule has 1 rings (SSSR count). The van der Waals surface area contributed by atoms with Crippen molar-refractivity contribution in [1.82, 2.24) is 0 Å². The summed E-state index contributed by atoms with van der Waals surface area (Å²) >= 11 is 0. The van der Waals surface area contributed by atoms with Gasteiger partial charge < -0.3 is 0 Å². The van der Waals surface area contributed by atoms with E-state index in [0.717, 1.165) is 0 Å². The first-order valence-corrected chi connectivity index (χ1v) is 7.87. The van der Waals surface area contributed by atoms with E-state index in [2.05, 4.69) is 0 Å². The summed E-state index contributed by atoms with van der Waals surface area (Å²) in [6.45, 7) is 0. The van der Waals surface area contributed by atoms with Gasteiger partial charge in [0.05, 0.1) is 0 Å². The molecule has 0 aliphatic carbocycles. The Kier molecular flexibility index (Phi) is 5.26. The van der Waals surface area contributed by atoms with Crippen LogP contribution in [0.4, 0.5) is 0 Å². The second-order valence-corrected chi connectivity index (χ2v) is 6.80. The molecule has 1 heterocycles. The molecule has 0 amide bonds. The van der Waals surface area contributed by atoms with Crippen LogP contribution in [0.25, 0.3) is 0 Å². The molecule has 2 heteroatoms. The predicted molar refractivity (Wildman–Crippen MR) is 48.8 cm³/mol. The lowest BCUT2D eigenvalue weighted by Gasteiger charge is -2.04. The summed E-state index contributed by atoms with van der Waals surface area (Å²) in [4.78, 5) is 0. The third kappa shape index (κ3) is 4.28. The van der Waals surface area contributed by atoms with Crippen molar-refractivity contribution in [2.24, 2.45) is 0 Å². The van der Waals surface area contributed by atoms with Gasteiger partial charge in [0, 0.05) is 18.1 Å². The molecule has 1 aliphatic rings. The Balaban J connectivity index is 2.00. The lowest BCUT2D eigenvalue weighted by Crippen LogP contribution is -2.03. The van der Waals surface area contributed by atoms with Gasteiger partial charge in [0.25, 0.3) is 0 Å². The molecule has 0 bridgehead atoms. The standard InChI is InChI=1S/C8H16Si2/c1-2-4-6-8-10-9-7-5-3-1/h1-8H2. The van der Waals surface area contributed by atoms with Gasteiger partial charge in [-0.3, -0.25) is 0 Å². The van der Waals surface area contributed by atoms with Crippen molar-refractivity contribution < 1.29 is 0 Å². The van der Waals surface area contributed by atoms with Gasteiger partial charge >= 0.3 is 0 Å². The molecule has 1 aliphatic heterocycles. The highest BCUT2D eigenvalue weighted by atomic mass is 29.1. The molecule has 0 aromatic rings. The summed E-state index contributed by atoms with van der Waals surface area (Å²) in [5.41, 5.74) is 0. The van der Waals surface area contributed by atoms with Crippen LogP contribution in [-0.4, -0.2) is 18.1 Å². The average molecular weight is 168 g/mol. The summed E-state index contributed by atoms with van der Waals surface area (Å²) in [6, 6.07) is 3.08. The summed E-state index contributed by atoms with van der Waals surface area (Å²) in [5.74, 6) is 0. The maximum absolute atomic E-state index is 1.54. The number of hydrogen-bond donors (Lipinski definition) is 0. The van der Waals surface area contributed by atoms with Crippen LogP contribution in [0.15, 0.2) is 0 Å². The van der Waals surface area contributed by atoms with Gasteiger partial charge in [-0.05, 0) is 0 Å². The van der Waals surface area contributed by atoms with Crippen LogP contribution in [0, 0.1) is 0 Å². The Morgan fingerprint density at radius 2 is 0.900 bits per heavy atom. The SMILES string of the molecule is C1CCCC[Si][Si]CCC1. The smallest absolute Gasteiger partial charge is 0.0222 e. The van der Waals surface area contributed by atoms with E-state index in [0.29, 0.717) is 0 Å². The summed E-state index contributed by atoms with van der Waals surface area (Å²) < 4.78 is 0.